The first kappa shape index (κ1) is 13.5. The molecule has 6 heteroatoms. The average molecular weight is 256 g/mol. The topological polar surface area (TPSA) is 92.8 Å². The molecule has 1 unspecified atom stereocenters. The standard InChI is InChI=1S/C11H16N2O3S/c1-3-10(17(2,15)16)11(13-14)8-5-4-6-9(12)7-8/h4-7,10,14H,3,12H2,1-2H3/b13-11+. The predicted octanol–water partition coefficient (Wildman–Crippen LogP) is 1.27. The van der Waals surface area contributed by atoms with Crippen LogP contribution in [0.1, 0.15) is 18.9 Å². The average Bonchev–Trinajstić information content (AvgIpc) is 2.23. The molecule has 0 fully saturated rings. The van der Waals surface area contributed by atoms with E-state index in [-0.39, 0.29) is 5.71 Å². The Morgan fingerprint density at radius 2 is 2.18 bits per heavy atom. The highest BCUT2D eigenvalue weighted by Crippen LogP contribution is 2.16. The number of hydrogen-bond donors (Lipinski definition) is 2. The molecule has 0 saturated carbocycles. The Morgan fingerprint density at radius 3 is 2.59 bits per heavy atom. The highest BCUT2D eigenvalue weighted by atomic mass is 32.2. The molecule has 94 valence electrons. The molecule has 0 aromatic heterocycles. The molecule has 0 aliphatic heterocycles. The molecule has 1 rings (SSSR count). The van der Waals surface area contributed by atoms with Crippen molar-refractivity contribution in [3.05, 3.63) is 29.8 Å². The number of anilines is 1. The quantitative estimate of drug-likeness (QED) is 0.367. The highest BCUT2D eigenvalue weighted by Gasteiger charge is 2.26. The van der Waals surface area contributed by atoms with Gasteiger partial charge in [0.05, 0.1) is 0 Å². The maximum Gasteiger partial charge on any atom is 0.156 e. The van der Waals surface area contributed by atoms with Crippen molar-refractivity contribution in [1.29, 1.82) is 0 Å². The van der Waals surface area contributed by atoms with E-state index in [4.69, 9.17) is 10.9 Å². The third kappa shape index (κ3) is 3.20. The molecule has 0 bridgehead atoms. The summed E-state index contributed by atoms with van der Waals surface area (Å²) in [6.45, 7) is 1.73. The summed E-state index contributed by atoms with van der Waals surface area (Å²) in [6.07, 6.45) is 1.46. The SMILES string of the molecule is CCC(/C(=N/O)c1cccc(N)c1)S(C)(=O)=O. The lowest BCUT2D eigenvalue weighted by Gasteiger charge is -2.14. The van der Waals surface area contributed by atoms with Gasteiger partial charge in [-0.3, -0.25) is 0 Å². The van der Waals surface area contributed by atoms with E-state index in [1.54, 1.807) is 31.2 Å². The fourth-order valence-electron chi connectivity index (χ4n) is 1.70. The second kappa shape index (κ2) is 5.18. The molecular weight excluding hydrogens is 240 g/mol. The van der Waals surface area contributed by atoms with Crippen molar-refractivity contribution in [2.45, 2.75) is 18.6 Å². The summed E-state index contributed by atoms with van der Waals surface area (Å²) in [5, 5.41) is 11.3. The highest BCUT2D eigenvalue weighted by molar-refractivity contribution is 7.92. The lowest BCUT2D eigenvalue weighted by molar-refractivity contribution is 0.318. The molecule has 0 aliphatic rings. The molecular formula is C11H16N2O3S. The van der Waals surface area contributed by atoms with E-state index in [1.165, 1.54) is 0 Å². The van der Waals surface area contributed by atoms with Gasteiger partial charge in [0.15, 0.2) is 9.84 Å². The number of rotatable bonds is 4. The van der Waals surface area contributed by atoms with Crippen LogP contribution in [0.5, 0.6) is 0 Å². The van der Waals surface area contributed by atoms with Crippen molar-refractivity contribution in [2.24, 2.45) is 5.16 Å². The number of nitrogens with two attached hydrogens (primary N) is 1. The lowest BCUT2D eigenvalue weighted by atomic mass is 10.1. The van der Waals surface area contributed by atoms with Crippen LogP contribution in [0, 0.1) is 0 Å². The molecule has 0 saturated heterocycles. The molecule has 0 heterocycles. The van der Waals surface area contributed by atoms with Crippen molar-refractivity contribution in [3.63, 3.8) is 0 Å². The third-order valence-electron chi connectivity index (χ3n) is 2.48. The number of benzene rings is 1. The first-order valence-electron chi connectivity index (χ1n) is 5.16. The van der Waals surface area contributed by atoms with Gasteiger partial charge in [0, 0.05) is 17.5 Å². The van der Waals surface area contributed by atoms with Crippen LogP contribution < -0.4 is 5.73 Å². The van der Waals surface area contributed by atoms with Crippen LogP contribution >= 0.6 is 0 Å². The monoisotopic (exact) mass is 256 g/mol. The van der Waals surface area contributed by atoms with E-state index >= 15 is 0 Å². The first-order valence-corrected chi connectivity index (χ1v) is 7.12. The van der Waals surface area contributed by atoms with Gasteiger partial charge in [0.2, 0.25) is 0 Å². The second-order valence-electron chi connectivity index (χ2n) is 3.84. The van der Waals surface area contributed by atoms with E-state index in [2.05, 4.69) is 5.16 Å². The normalized spacial score (nSPS) is 14.6. The van der Waals surface area contributed by atoms with Gasteiger partial charge in [-0.1, -0.05) is 24.2 Å². The second-order valence-corrected chi connectivity index (χ2v) is 6.07. The van der Waals surface area contributed by atoms with Crippen molar-refractivity contribution in [3.8, 4) is 0 Å². The maximum atomic E-state index is 11.6. The summed E-state index contributed by atoms with van der Waals surface area (Å²) in [7, 11) is -3.32. The molecule has 0 amide bonds. The largest absolute Gasteiger partial charge is 0.411 e. The van der Waals surface area contributed by atoms with Crippen LogP contribution in [0.15, 0.2) is 29.4 Å². The van der Waals surface area contributed by atoms with E-state index < -0.39 is 15.1 Å². The van der Waals surface area contributed by atoms with Crippen molar-refractivity contribution in [2.75, 3.05) is 12.0 Å². The minimum atomic E-state index is -3.32. The molecule has 3 N–H and O–H groups in total. The Labute approximate surface area is 101 Å². The number of oxime groups is 1. The minimum absolute atomic E-state index is 0.127. The predicted molar refractivity (Wildman–Crippen MR) is 68.1 cm³/mol. The van der Waals surface area contributed by atoms with Gasteiger partial charge in [-0.25, -0.2) is 8.42 Å². The Bertz CT molecular complexity index is 523. The molecule has 0 aliphatic carbocycles. The van der Waals surface area contributed by atoms with Gasteiger partial charge in [0.25, 0.3) is 0 Å². The van der Waals surface area contributed by atoms with Gasteiger partial charge in [-0.05, 0) is 18.6 Å². The number of nitrogens with zero attached hydrogens (tertiary/aromatic N) is 1. The van der Waals surface area contributed by atoms with Crippen molar-refractivity contribution >= 4 is 21.2 Å². The van der Waals surface area contributed by atoms with E-state index in [1.807, 2.05) is 0 Å². The summed E-state index contributed by atoms with van der Waals surface area (Å²) in [4.78, 5) is 0. The summed E-state index contributed by atoms with van der Waals surface area (Å²) < 4.78 is 23.2. The third-order valence-corrected chi connectivity index (χ3v) is 4.07. The first-order chi connectivity index (χ1) is 7.90. The number of hydrogen-bond acceptors (Lipinski definition) is 5. The summed E-state index contributed by atoms with van der Waals surface area (Å²) >= 11 is 0. The van der Waals surface area contributed by atoms with Crippen LogP contribution in [0.25, 0.3) is 0 Å². The number of nitrogen functional groups attached to an aromatic ring is 1. The van der Waals surface area contributed by atoms with Gasteiger partial charge >= 0.3 is 0 Å². The van der Waals surface area contributed by atoms with E-state index in [9.17, 15) is 8.42 Å². The summed E-state index contributed by atoms with van der Waals surface area (Å²) in [5.74, 6) is 0. The van der Waals surface area contributed by atoms with Gasteiger partial charge in [-0.15, -0.1) is 0 Å². The number of sulfone groups is 1. The fourth-order valence-corrected chi connectivity index (χ4v) is 2.90. The van der Waals surface area contributed by atoms with Gasteiger partial charge in [-0.2, -0.15) is 0 Å². The van der Waals surface area contributed by atoms with Crippen LogP contribution in [0.3, 0.4) is 0 Å². The van der Waals surface area contributed by atoms with Crippen molar-refractivity contribution < 1.29 is 13.6 Å². The molecule has 1 atom stereocenters. The Balaban J connectivity index is 3.25. The zero-order valence-corrected chi connectivity index (χ0v) is 10.6. The van der Waals surface area contributed by atoms with Gasteiger partial charge in [0.1, 0.15) is 11.0 Å². The molecule has 1 aromatic rings. The zero-order chi connectivity index (χ0) is 13.1. The van der Waals surface area contributed by atoms with Crippen LogP contribution in [-0.2, 0) is 9.84 Å². The molecule has 1 aromatic carbocycles. The maximum absolute atomic E-state index is 11.6. The van der Waals surface area contributed by atoms with Crippen molar-refractivity contribution in [1.82, 2.24) is 0 Å². The minimum Gasteiger partial charge on any atom is -0.411 e. The lowest BCUT2D eigenvalue weighted by Crippen LogP contribution is -2.29. The van der Waals surface area contributed by atoms with Crippen LogP contribution in [-0.4, -0.2) is 30.8 Å². The van der Waals surface area contributed by atoms with Gasteiger partial charge < -0.3 is 10.9 Å². The van der Waals surface area contributed by atoms with Crippen LogP contribution in [0.2, 0.25) is 0 Å². The van der Waals surface area contributed by atoms with E-state index in [0.29, 0.717) is 17.7 Å². The Hall–Kier alpha value is -1.56. The Morgan fingerprint density at radius 1 is 1.53 bits per heavy atom. The zero-order valence-electron chi connectivity index (χ0n) is 9.79. The summed E-state index contributed by atoms with van der Waals surface area (Å²) in [6, 6.07) is 6.62. The smallest absolute Gasteiger partial charge is 0.156 e. The Kier molecular flexibility index (Phi) is 4.11. The molecule has 17 heavy (non-hydrogen) atoms. The molecule has 0 spiro atoms. The summed E-state index contributed by atoms with van der Waals surface area (Å²) in [5.41, 5.74) is 6.75. The molecule has 0 radical (unpaired) electrons. The van der Waals surface area contributed by atoms with E-state index in [0.717, 1.165) is 6.26 Å². The molecule has 5 nitrogen and oxygen atoms in total. The fraction of sp³-hybridized carbons (Fsp3) is 0.364. The van der Waals surface area contributed by atoms with Crippen LogP contribution in [0.4, 0.5) is 5.69 Å².